The lowest BCUT2D eigenvalue weighted by Crippen LogP contribution is -2.23. The van der Waals surface area contributed by atoms with Crippen LogP contribution >= 0.6 is 11.3 Å². The molecule has 17 heavy (non-hydrogen) atoms. The number of carbonyl (C=O) groups is 1. The minimum Gasteiger partial charge on any atom is -0.456 e. The maximum atomic E-state index is 11.9. The molecule has 0 saturated carbocycles. The van der Waals surface area contributed by atoms with E-state index in [-0.39, 0.29) is 5.97 Å². The second-order valence-electron chi connectivity index (χ2n) is 4.92. The molecule has 0 radical (unpaired) electrons. The van der Waals surface area contributed by atoms with Crippen molar-refractivity contribution < 1.29 is 9.53 Å². The van der Waals surface area contributed by atoms with Crippen LogP contribution < -0.4 is 4.91 Å². The molecule has 1 heterocycles. The van der Waals surface area contributed by atoms with Gasteiger partial charge in [0.25, 0.3) is 0 Å². The van der Waals surface area contributed by atoms with E-state index in [2.05, 4.69) is 4.98 Å². The fourth-order valence-corrected chi connectivity index (χ4v) is 2.37. The van der Waals surface area contributed by atoms with E-state index >= 15 is 0 Å². The minimum atomic E-state index is -0.463. The SMILES string of the molecule is Bc1nc2ccc(C(=O)OC(C)(C)C)cc2s1. The first-order valence-corrected chi connectivity index (χ1v) is 6.27. The molecule has 0 bridgehead atoms. The largest absolute Gasteiger partial charge is 0.456 e. The van der Waals surface area contributed by atoms with E-state index in [4.69, 9.17) is 4.74 Å². The van der Waals surface area contributed by atoms with Gasteiger partial charge in [-0.05, 0) is 39.0 Å². The summed E-state index contributed by atoms with van der Waals surface area (Å²) in [5, 5.41) is 0. The minimum absolute atomic E-state index is 0.287. The first-order valence-electron chi connectivity index (χ1n) is 5.46. The van der Waals surface area contributed by atoms with Crippen LogP contribution in [0.2, 0.25) is 0 Å². The average molecular weight is 247 g/mol. The van der Waals surface area contributed by atoms with Crippen LogP contribution in [-0.4, -0.2) is 24.4 Å². The Kier molecular flexibility index (Phi) is 2.95. The van der Waals surface area contributed by atoms with Crippen LogP contribution in [-0.2, 0) is 4.74 Å². The highest BCUT2D eigenvalue weighted by Gasteiger charge is 2.18. The van der Waals surface area contributed by atoms with Crippen LogP contribution in [0.4, 0.5) is 0 Å². The van der Waals surface area contributed by atoms with Gasteiger partial charge < -0.3 is 4.74 Å². The number of fused-ring (bicyclic) bond motifs is 1. The fraction of sp³-hybridized carbons (Fsp3) is 0.333. The van der Waals surface area contributed by atoms with Crippen LogP contribution in [0.3, 0.4) is 0 Å². The summed E-state index contributed by atoms with van der Waals surface area (Å²) in [6, 6.07) is 5.46. The summed E-state index contributed by atoms with van der Waals surface area (Å²) in [4.78, 5) is 17.2. The highest BCUT2D eigenvalue weighted by atomic mass is 32.1. The van der Waals surface area contributed by atoms with Crippen molar-refractivity contribution in [3.63, 3.8) is 0 Å². The molecule has 1 aromatic carbocycles. The molecule has 0 saturated heterocycles. The molecule has 0 amide bonds. The molecule has 88 valence electrons. The Morgan fingerprint density at radius 2 is 2.12 bits per heavy atom. The van der Waals surface area contributed by atoms with Gasteiger partial charge in [0.1, 0.15) is 5.60 Å². The number of thiazole rings is 1. The smallest absolute Gasteiger partial charge is 0.338 e. The van der Waals surface area contributed by atoms with Gasteiger partial charge in [-0.3, -0.25) is 4.98 Å². The maximum absolute atomic E-state index is 11.9. The lowest BCUT2D eigenvalue weighted by molar-refractivity contribution is 0.00698. The second kappa shape index (κ2) is 4.15. The van der Waals surface area contributed by atoms with E-state index in [9.17, 15) is 4.79 Å². The number of aromatic nitrogens is 1. The zero-order chi connectivity index (χ0) is 12.6. The quantitative estimate of drug-likeness (QED) is 0.566. The third-order valence-electron chi connectivity index (χ3n) is 2.13. The summed E-state index contributed by atoms with van der Waals surface area (Å²) < 4.78 is 6.34. The predicted octanol–water partition coefficient (Wildman–Crippen LogP) is 1.51. The summed E-state index contributed by atoms with van der Waals surface area (Å²) in [6.07, 6.45) is 0. The number of carbonyl (C=O) groups excluding carboxylic acids is 1. The summed E-state index contributed by atoms with van der Waals surface area (Å²) in [6.45, 7) is 5.58. The van der Waals surface area contributed by atoms with Crippen LogP contribution in [0, 0.1) is 0 Å². The zero-order valence-corrected chi connectivity index (χ0v) is 11.2. The van der Waals surface area contributed by atoms with Gasteiger partial charge in [0.05, 0.1) is 15.8 Å². The molecule has 0 fully saturated rings. The van der Waals surface area contributed by atoms with Gasteiger partial charge in [0, 0.05) is 4.91 Å². The highest BCUT2D eigenvalue weighted by Crippen LogP contribution is 2.19. The number of benzene rings is 1. The molecule has 2 rings (SSSR count). The van der Waals surface area contributed by atoms with Crippen molar-refractivity contribution >= 4 is 40.3 Å². The molecule has 0 spiro atoms. The molecule has 0 unspecified atom stereocenters. The van der Waals surface area contributed by atoms with Crippen molar-refractivity contribution in [3.05, 3.63) is 23.8 Å². The number of rotatable bonds is 1. The Morgan fingerprint density at radius 3 is 2.76 bits per heavy atom. The first-order chi connectivity index (χ1) is 7.85. The summed E-state index contributed by atoms with van der Waals surface area (Å²) in [5.74, 6) is -0.287. The second-order valence-corrected chi connectivity index (χ2v) is 6.15. The van der Waals surface area contributed by atoms with Crippen LogP contribution in [0.15, 0.2) is 18.2 Å². The van der Waals surface area contributed by atoms with Gasteiger partial charge in [0.2, 0.25) is 0 Å². The fourth-order valence-electron chi connectivity index (χ4n) is 1.50. The average Bonchev–Trinajstić information content (AvgIpc) is 2.53. The van der Waals surface area contributed by atoms with E-state index in [1.807, 2.05) is 40.8 Å². The molecule has 0 aliphatic heterocycles. The molecule has 0 atom stereocenters. The predicted molar refractivity (Wildman–Crippen MR) is 73.0 cm³/mol. The Balaban J connectivity index is 2.33. The zero-order valence-electron chi connectivity index (χ0n) is 10.4. The van der Waals surface area contributed by atoms with E-state index < -0.39 is 5.60 Å². The number of hydrogen-bond acceptors (Lipinski definition) is 4. The number of esters is 1. The number of nitrogens with zero attached hydrogens (tertiary/aromatic N) is 1. The van der Waals surface area contributed by atoms with Crippen molar-refractivity contribution in [1.29, 1.82) is 0 Å². The molecular formula is C12H14BNO2S. The van der Waals surface area contributed by atoms with E-state index in [1.54, 1.807) is 17.4 Å². The Hall–Kier alpha value is -1.36. The lowest BCUT2D eigenvalue weighted by Gasteiger charge is -2.19. The van der Waals surface area contributed by atoms with E-state index in [1.165, 1.54) is 0 Å². The normalized spacial score (nSPS) is 11.7. The number of ether oxygens (including phenoxy) is 1. The summed E-state index contributed by atoms with van der Waals surface area (Å²) in [5.41, 5.74) is 1.05. The topological polar surface area (TPSA) is 39.2 Å². The van der Waals surface area contributed by atoms with E-state index in [0.29, 0.717) is 5.56 Å². The van der Waals surface area contributed by atoms with Crippen molar-refractivity contribution in [3.8, 4) is 0 Å². The van der Waals surface area contributed by atoms with Crippen LogP contribution in [0.1, 0.15) is 31.1 Å². The van der Waals surface area contributed by atoms with Gasteiger partial charge in [-0.1, -0.05) is 0 Å². The molecule has 1 aromatic heterocycles. The molecule has 3 nitrogen and oxygen atoms in total. The van der Waals surface area contributed by atoms with Crippen molar-refractivity contribution in [1.82, 2.24) is 4.98 Å². The van der Waals surface area contributed by atoms with Gasteiger partial charge >= 0.3 is 5.97 Å². The van der Waals surface area contributed by atoms with Crippen LogP contribution in [0.25, 0.3) is 10.2 Å². The van der Waals surface area contributed by atoms with Crippen LogP contribution in [0.5, 0.6) is 0 Å². The van der Waals surface area contributed by atoms with Gasteiger partial charge in [0.15, 0.2) is 7.85 Å². The summed E-state index contributed by atoms with van der Waals surface area (Å²) >= 11 is 1.58. The Labute approximate surface area is 105 Å². The molecular weight excluding hydrogens is 233 g/mol. The monoisotopic (exact) mass is 247 g/mol. The molecule has 0 aliphatic carbocycles. The molecule has 0 N–H and O–H groups in total. The van der Waals surface area contributed by atoms with Gasteiger partial charge in [-0.15, -0.1) is 11.3 Å². The third kappa shape index (κ3) is 2.85. The maximum Gasteiger partial charge on any atom is 0.338 e. The molecule has 0 aliphatic rings. The Bertz CT molecular complexity index is 571. The standard InChI is InChI=1S/C12H14BNO2S/c1-12(2,3)16-10(15)7-4-5-8-9(6-7)17-11(13)14-8/h4-6H,13H2,1-3H3. The number of hydrogen-bond donors (Lipinski definition) is 0. The first kappa shape index (κ1) is 12.1. The molecule has 2 aromatic rings. The molecule has 5 heteroatoms. The van der Waals surface area contributed by atoms with Gasteiger partial charge in [-0.25, -0.2) is 4.79 Å². The van der Waals surface area contributed by atoms with Gasteiger partial charge in [-0.2, -0.15) is 0 Å². The van der Waals surface area contributed by atoms with Crippen molar-refractivity contribution in [2.45, 2.75) is 26.4 Å². The highest BCUT2D eigenvalue weighted by molar-refractivity contribution is 7.25. The lowest BCUT2D eigenvalue weighted by atomic mass is 10.1. The summed E-state index contributed by atoms with van der Waals surface area (Å²) in [7, 11) is 1.96. The van der Waals surface area contributed by atoms with Crippen molar-refractivity contribution in [2.75, 3.05) is 0 Å². The van der Waals surface area contributed by atoms with Crippen molar-refractivity contribution in [2.24, 2.45) is 0 Å². The van der Waals surface area contributed by atoms with E-state index in [0.717, 1.165) is 15.1 Å². The Morgan fingerprint density at radius 1 is 1.41 bits per heavy atom. The third-order valence-corrected chi connectivity index (χ3v) is 3.06.